The molecule has 140 valence electrons. The summed E-state index contributed by atoms with van der Waals surface area (Å²) in [6.45, 7) is 2.63. The molecule has 6 nitrogen and oxygen atoms in total. The summed E-state index contributed by atoms with van der Waals surface area (Å²) in [6.07, 6.45) is 8.90. The van der Waals surface area contributed by atoms with Crippen molar-refractivity contribution in [1.29, 1.82) is 0 Å². The minimum Gasteiger partial charge on any atom is -0.324 e. The van der Waals surface area contributed by atoms with E-state index >= 15 is 0 Å². The molecule has 0 bridgehead atoms. The molecule has 0 radical (unpaired) electrons. The quantitative estimate of drug-likeness (QED) is 0.478. The molecule has 0 amide bonds. The molecule has 4 rings (SSSR count). The predicted molar refractivity (Wildman–Crippen MR) is 104 cm³/mol. The van der Waals surface area contributed by atoms with E-state index in [1.54, 1.807) is 30.7 Å². The number of pyridine rings is 2. The van der Waals surface area contributed by atoms with Crippen LogP contribution in [0.25, 0.3) is 22.8 Å². The van der Waals surface area contributed by atoms with Crippen LogP contribution in [-0.2, 0) is 13.0 Å². The Morgan fingerprint density at radius 2 is 1.86 bits per heavy atom. The Morgan fingerprint density at radius 1 is 1.00 bits per heavy atom. The van der Waals surface area contributed by atoms with Crippen molar-refractivity contribution in [3.8, 4) is 22.8 Å². The van der Waals surface area contributed by atoms with Crippen LogP contribution in [0.15, 0.2) is 61.2 Å². The molecule has 0 saturated heterocycles. The summed E-state index contributed by atoms with van der Waals surface area (Å²) in [5, 5.41) is 8.89. The van der Waals surface area contributed by atoms with Gasteiger partial charge in [-0.05, 0) is 42.3 Å². The van der Waals surface area contributed by atoms with Crippen molar-refractivity contribution in [1.82, 2.24) is 29.7 Å². The molecule has 0 aliphatic carbocycles. The predicted octanol–water partition coefficient (Wildman–Crippen LogP) is 3.94. The third-order valence-electron chi connectivity index (χ3n) is 4.44. The molecule has 0 unspecified atom stereocenters. The van der Waals surface area contributed by atoms with Gasteiger partial charge in [0.05, 0.1) is 17.9 Å². The number of imidazole rings is 1. The van der Waals surface area contributed by atoms with Gasteiger partial charge < -0.3 is 4.57 Å². The van der Waals surface area contributed by atoms with Gasteiger partial charge in [-0.15, -0.1) is 0 Å². The number of hydrogen-bond acceptors (Lipinski definition) is 5. The van der Waals surface area contributed by atoms with Crippen LogP contribution in [0.2, 0.25) is 0 Å². The first-order valence-electron chi connectivity index (χ1n) is 9.14. The highest BCUT2D eigenvalue weighted by Gasteiger charge is 2.13. The lowest BCUT2D eigenvalue weighted by atomic mass is 10.1. The van der Waals surface area contributed by atoms with Crippen LogP contribution in [0.1, 0.15) is 24.6 Å². The Kier molecular flexibility index (Phi) is 5.14. The molecule has 0 aliphatic rings. The van der Waals surface area contributed by atoms with Gasteiger partial charge in [-0.3, -0.25) is 4.98 Å². The average Bonchev–Trinajstić information content (AvgIpc) is 3.18. The largest absolute Gasteiger partial charge is 0.324 e. The zero-order valence-electron chi connectivity index (χ0n) is 15.5. The Morgan fingerprint density at radius 3 is 2.64 bits per heavy atom. The summed E-state index contributed by atoms with van der Waals surface area (Å²) < 4.78 is 15.4. The number of hydrogen-bond donors (Lipinski definition) is 0. The number of nitrogens with zero attached hydrogens (tertiary/aromatic N) is 6. The molecule has 4 aromatic rings. The minimum atomic E-state index is -0.528. The Labute approximate surface area is 162 Å². The third kappa shape index (κ3) is 3.78. The zero-order valence-corrected chi connectivity index (χ0v) is 15.5. The van der Waals surface area contributed by atoms with Crippen molar-refractivity contribution in [2.24, 2.45) is 0 Å². The second-order valence-electron chi connectivity index (χ2n) is 6.41. The maximum Gasteiger partial charge on any atom is 0.213 e. The van der Waals surface area contributed by atoms with E-state index in [9.17, 15) is 4.39 Å². The van der Waals surface area contributed by atoms with Crippen molar-refractivity contribution in [2.75, 3.05) is 0 Å². The summed E-state index contributed by atoms with van der Waals surface area (Å²) in [5.74, 6) is 0.0715. The molecule has 0 aromatic carbocycles. The summed E-state index contributed by atoms with van der Waals surface area (Å²) in [6, 6.07) is 10.6. The fraction of sp³-hybridized carbons (Fsp3) is 0.190. The number of aromatic nitrogens is 6. The van der Waals surface area contributed by atoms with Gasteiger partial charge in [-0.1, -0.05) is 19.4 Å². The van der Waals surface area contributed by atoms with E-state index in [0.29, 0.717) is 18.1 Å². The van der Waals surface area contributed by atoms with E-state index in [2.05, 4.69) is 38.1 Å². The van der Waals surface area contributed by atoms with Crippen molar-refractivity contribution in [2.45, 2.75) is 26.3 Å². The molecule has 4 heterocycles. The normalized spacial score (nSPS) is 10.9. The van der Waals surface area contributed by atoms with Gasteiger partial charge in [-0.2, -0.15) is 14.6 Å². The van der Waals surface area contributed by atoms with Crippen molar-refractivity contribution in [3.05, 3.63) is 78.4 Å². The van der Waals surface area contributed by atoms with Gasteiger partial charge in [0.25, 0.3) is 0 Å². The van der Waals surface area contributed by atoms with E-state index in [-0.39, 0.29) is 0 Å². The van der Waals surface area contributed by atoms with Crippen molar-refractivity contribution in [3.63, 3.8) is 0 Å². The second kappa shape index (κ2) is 8.04. The number of halogens is 1. The monoisotopic (exact) mass is 374 g/mol. The molecule has 0 saturated carbocycles. The van der Waals surface area contributed by atoms with Gasteiger partial charge in [0.15, 0.2) is 5.82 Å². The summed E-state index contributed by atoms with van der Waals surface area (Å²) in [4.78, 5) is 12.3. The SMILES string of the molecule is CCCc1cc(-c2ccncc2)nnc1Cn1ccnc1-c1cccc(F)n1. The molecular formula is C21H19FN6. The first kappa shape index (κ1) is 17.9. The van der Waals surface area contributed by atoms with Crippen LogP contribution in [0, 0.1) is 5.95 Å². The maximum atomic E-state index is 13.5. The number of aryl methyl sites for hydroxylation is 1. The Hall–Kier alpha value is -3.48. The minimum absolute atomic E-state index is 0.489. The standard InChI is InChI=1S/C21H19FN6/c1-2-4-16-13-18(15-7-9-23-10-8-15)26-27-19(16)14-28-12-11-24-21(28)17-5-3-6-20(22)25-17/h3,5-13H,2,4,14H2,1H3. The molecule has 28 heavy (non-hydrogen) atoms. The fourth-order valence-electron chi connectivity index (χ4n) is 3.10. The van der Waals surface area contributed by atoms with Gasteiger partial charge >= 0.3 is 0 Å². The van der Waals surface area contributed by atoms with Crippen LogP contribution in [0.4, 0.5) is 4.39 Å². The molecule has 0 fully saturated rings. The summed E-state index contributed by atoms with van der Waals surface area (Å²) in [7, 11) is 0. The maximum absolute atomic E-state index is 13.5. The van der Waals surface area contributed by atoms with Crippen molar-refractivity contribution < 1.29 is 4.39 Å². The zero-order chi connectivity index (χ0) is 19.3. The third-order valence-corrected chi connectivity index (χ3v) is 4.44. The number of rotatable bonds is 6. The molecule has 4 aromatic heterocycles. The topological polar surface area (TPSA) is 69.4 Å². The van der Waals surface area contributed by atoms with Gasteiger partial charge in [0.2, 0.25) is 5.95 Å². The van der Waals surface area contributed by atoms with Crippen LogP contribution in [0.5, 0.6) is 0 Å². The van der Waals surface area contributed by atoms with E-state index in [1.165, 1.54) is 6.07 Å². The van der Waals surface area contributed by atoms with E-state index < -0.39 is 5.95 Å². The lowest BCUT2D eigenvalue weighted by molar-refractivity contribution is 0.584. The first-order chi connectivity index (χ1) is 13.7. The van der Waals surface area contributed by atoms with Gasteiger partial charge in [0, 0.05) is 30.4 Å². The fourth-order valence-corrected chi connectivity index (χ4v) is 3.10. The van der Waals surface area contributed by atoms with Crippen LogP contribution in [0.3, 0.4) is 0 Å². The van der Waals surface area contributed by atoms with E-state index in [0.717, 1.165) is 35.4 Å². The van der Waals surface area contributed by atoms with Crippen LogP contribution in [-0.4, -0.2) is 29.7 Å². The Balaban J connectivity index is 1.68. The van der Waals surface area contributed by atoms with E-state index in [4.69, 9.17) is 0 Å². The second-order valence-corrected chi connectivity index (χ2v) is 6.41. The highest BCUT2D eigenvalue weighted by molar-refractivity contribution is 5.58. The van der Waals surface area contributed by atoms with Crippen molar-refractivity contribution >= 4 is 0 Å². The molecule has 0 N–H and O–H groups in total. The van der Waals surface area contributed by atoms with Crippen LogP contribution < -0.4 is 0 Å². The highest BCUT2D eigenvalue weighted by atomic mass is 19.1. The smallest absolute Gasteiger partial charge is 0.213 e. The summed E-state index contributed by atoms with van der Waals surface area (Å²) in [5.41, 5.74) is 4.31. The molecule has 0 spiro atoms. The summed E-state index contributed by atoms with van der Waals surface area (Å²) >= 11 is 0. The van der Waals surface area contributed by atoms with E-state index in [1.807, 2.05) is 22.9 Å². The molecular weight excluding hydrogens is 355 g/mol. The lowest BCUT2D eigenvalue weighted by Crippen LogP contribution is -2.09. The Bertz CT molecular complexity index is 1080. The van der Waals surface area contributed by atoms with Gasteiger partial charge in [0.1, 0.15) is 5.69 Å². The highest BCUT2D eigenvalue weighted by Crippen LogP contribution is 2.21. The van der Waals surface area contributed by atoms with Crippen LogP contribution >= 0.6 is 0 Å². The molecule has 7 heteroatoms. The van der Waals surface area contributed by atoms with Gasteiger partial charge in [-0.25, -0.2) is 9.97 Å². The first-order valence-corrected chi connectivity index (χ1v) is 9.14. The molecule has 0 aliphatic heterocycles. The lowest BCUT2D eigenvalue weighted by Gasteiger charge is -2.12. The molecule has 0 atom stereocenters. The average molecular weight is 374 g/mol.